The molecule has 5 rings (SSSR count). The molecule has 1 N–H and O–H groups in total. The van der Waals surface area contributed by atoms with Crippen molar-refractivity contribution in [2.24, 2.45) is 0 Å². The number of rotatable bonds is 6. The normalized spacial score (nSPS) is 19.2. The molecule has 2 amide bonds. The van der Waals surface area contributed by atoms with Gasteiger partial charge in [0.25, 0.3) is 11.8 Å². The van der Waals surface area contributed by atoms with Crippen LogP contribution in [-0.4, -0.2) is 85.2 Å². The Bertz CT molecular complexity index is 1490. The van der Waals surface area contributed by atoms with Gasteiger partial charge < -0.3 is 19.5 Å². The van der Waals surface area contributed by atoms with Crippen LogP contribution < -0.4 is 15.0 Å². The van der Waals surface area contributed by atoms with Gasteiger partial charge in [-0.1, -0.05) is 53.2 Å². The van der Waals surface area contributed by atoms with E-state index < -0.39 is 18.1 Å². The lowest BCUT2D eigenvalue weighted by Gasteiger charge is -2.32. The van der Waals surface area contributed by atoms with E-state index in [9.17, 15) is 9.59 Å². The lowest BCUT2D eigenvalue weighted by atomic mass is 10.1. The number of hydrogen-bond donors (Lipinski definition) is 1. The van der Waals surface area contributed by atoms with Crippen molar-refractivity contribution in [3.63, 3.8) is 0 Å². The smallest absolute Gasteiger partial charge is 0.274 e. The van der Waals surface area contributed by atoms with Crippen LogP contribution >= 0.6 is 0 Å². The maximum Gasteiger partial charge on any atom is 0.274 e. The molecule has 0 bridgehead atoms. The maximum atomic E-state index is 13.5. The van der Waals surface area contributed by atoms with Crippen molar-refractivity contribution >= 4 is 17.5 Å². The van der Waals surface area contributed by atoms with Crippen molar-refractivity contribution in [2.45, 2.75) is 25.5 Å². The lowest BCUT2D eigenvalue weighted by molar-refractivity contribution is -0.121. The van der Waals surface area contributed by atoms with E-state index in [1.54, 1.807) is 20.0 Å². The minimum Gasteiger partial charge on any atom is -0.486 e. The van der Waals surface area contributed by atoms with E-state index >= 15 is 0 Å². The number of aromatic nitrogens is 1. The first kappa shape index (κ1) is 28.0. The second-order valence-corrected chi connectivity index (χ2v) is 10.3. The van der Waals surface area contributed by atoms with Crippen LogP contribution in [0, 0.1) is 24.2 Å². The number of nitrogens with one attached hydrogen (secondary N) is 1. The highest BCUT2D eigenvalue weighted by molar-refractivity contribution is 6.03. The minimum absolute atomic E-state index is 0.107. The monoisotopic (exact) mass is 551 g/mol. The summed E-state index contributed by atoms with van der Waals surface area (Å²) in [6.45, 7) is 6.84. The van der Waals surface area contributed by atoms with E-state index in [2.05, 4.69) is 38.0 Å². The molecular weight excluding hydrogens is 518 g/mol. The van der Waals surface area contributed by atoms with Gasteiger partial charge in [-0.05, 0) is 30.7 Å². The third-order valence-electron chi connectivity index (χ3n) is 7.31. The predicted octanol–water partition coefficient (Wildman–Crippen LogP) is 2.41. The fraction of sp³-hybridized carbons (Fsp3) is 0.344. The Kier molecular flexibility index (Phi) is 8.69. The molecule has 0 aliphatic carbocycles. The van der Waals surface area contributed by atoms with Gasteiger partial charge in [0.15, 0.2) is 5.69 Å². The molecule has 2 atom stereocenters. The summed E-state index contributed by atoms with van der Waals surface area (Å²) in [7, 11) is 1.67. The quantitative estimate of drug-likeness (QED) is 0.471. The van der Waals surface area contributed by atoms with E-state index in [1.165, 1.54) is 4.90 Å². The first-order valence-electron chi connectivity index (χ1n) is 13.7. The average Bonchev–Trinajstić information content (AvgIpc) is 3.43. The summed E-state index contributed by atoms with van der Waals surface area (Å²) in [6.07, 6.45) is 5.31. The molecule has 1 fully saturated rings. The highest BCUT2D eigenvalue weighted by atomic mass is 16.5. The number of nitrogens with zero attached hydrogens (tertiary/aromatic N) is 4. The van der Waals surface area contributed by atoms with Crippen LogP contribution in [0.1, 0.15) is 34.3 Å². The molecule has 1 aromatic heterocycles. The molecule has 2 aliphatic rings. The van der Waals surface area contributed by atoms with Crippen LogP contribution in [0.5, 0.6) is 5.75 Å². The van der Waals surface area contributed by atoms with Gasteiger partial charge in [-0.25, -0.2) is 0 Å². The van der Waals surface area contributed by atoms with Gasteiger partial charge >= 0.3 is 0 Å². The van der Waals surface area contributed by atoms with E-state index in [1.807, 2.05) is 48.5 Å². The van der Waals surface area contributed by atoms with Gasteiger partial charge in [-0.2, -0.15) is 0 Å². The number of fused-ring (bicyclic) bond motifs is 1. The van der Waals surface area contributed by atoms with E-state index in [0.29, 0.717) is 36.7 Å². The fourth-order valence-electron chi connectivity index (χ4n) is 4.94. The molecule has 3 aromatic rings. The Hall–Kier alpha value is -4.57. The average molecular weight is 552 g/mol. The van der Waals surface area contributed by atoms with Crippen molar-refractivity contribution in [2.75, 3.05) is 51.2 Å². The largest absolute Gasteiger partial charge is 0.486 e. The van der Waals surface area contributed by atoms with E-state index in [-0.39, 0.29) is 11.6 Å². The van der Waals surface area contributed by atoms with Crippen molar-refractivity contribution in [1.29, 1.82) is 0 Å². The molecule has 41 heavy (non-hydrogen) atoms. The van der Waals surface area contributed by atoms with Crippen molar-refractivity contribution in [3.05, 3.63) is 77.2 Å². The van der Waals surface area contributed by atoms with Gasteiger partial charge in [-0.3, -0.25) is 19.4 Å². The van der Waals surface area contributed by atoms with E-state index in [4.69, 9.17) is 15.7 Å². The van der Waals surface area contributed by atoms with Crippen LogP contribution in [0.25, 0.3) is 0 Å². The Morgan fingerprint density at radius 2 is 1.80 bits per heavy atom. The van der Waals surface area contributed by atoms with Crippen LogP contribution in [0.15, 0.2) is 59.1 Å². The van der Waals surface area contributed by atoms with Gasteiger partial charge in [0.1, 0.15) is 23.7 Å². The third kappa shape index (κ3) is 6.78. The van der Waals surface area contributed by atoms with Gasteiger partial charge in [0.05, 0.1) is 18.8 Å². The molecule has 0 spiro atoms. The Labute approximate surface area is 240 Å². The van der Waals surface area contributed by atoms with E-state index in [0.717, 1.165) is 37.3 Å². The minimum atomic E-state index is -0.920. The molecule has 0 unspecified atom stereocenters. The fourth-order valence-corrected chi connectivity index (χ4v) is 4.94. The molecule has 9 nitrogen and oxygen atoms in total. The Balaban J connectivity index is 1.22. The number of piperazine rings is 1. The highest BCUT2D eigenvalue weighted by Crippen LogP contribution is 2.33. The molecule has 0 saturated carbocycles. The topological polar surface area (TPSA) is 91.2 Å². The van der Waals surface area contributed by atoms with Crippen molar-refractivity contribution in [3.8, 4) is 29.9 Å². The number of anilines is 1. The summed E-state index contributed by atoms with van der Waals surface area (Å²) in [5.74, 6) is 9.45. The molecule has 9 heteroatoms. The number of hydrogen-bond acceptors (Lipinski definition) is 7. The first-order valence-corrected chi connectivity index (χ1v) is 13.7. The van der Waals surface area contributed by atoms with Gasteiger partial charge in [0, 0.05) is 51.3 Å². The Morgan fingerprint density at radius 1 is 1.07 bits per heavy atom. The predicted molar refractivity (Wildman–Crippen MR) is 156 cm³/mol. The van der Waals surface area contributed by atoms with Gasteiger partial charge in [0.2, 0.25) is 0 Å². The number of benzene rings is 2. The number of terminal acetylenes is 1. The summed E-state index contributed by atoms with van der Waals surface area (Å²) in [4.78, 5) is 32.6. The van der Waals surface area contributed by atoms with Crippen LogP contribution in [0.2, 0.25) is 0 Å². The number of likely N-dealkylation sites (N-methyl/N-ethyl adjacent to an activating group) is 1. The Morgan fingerprint density at radius 3 is 2.54 bits per heavy atom. The molecule has 2 aliphatic heterocycles. The number of carbonyl (C=O) groups excluding carboxylic acids is 2. The summed E-state index contributed by atoms with van der Waals surface area (Å²) in [5, 5.41) is 6.70. The summed E-state index contributed by atoms with van der Waals surface area (Å²) in [5.41, 5.74) is 2.52. The second kappa shape index (κ2) is 12.7. The van der Waals surface area contributed by atoms with Crippen molar-refractivity contribution in [1.82, 2.24) is 20.3 Å². The zero-order valence-corrected chi connectivity index (χ0v) is 23.3. The molecule has 0 radical (unpaired) electrons. The zero-order chi connectivity index (χ0) is 28.8. The molecule has 3 heterocycles. The zero-order valence-electron chi connectivity index (χ0n) is 23.3. The lowest BCUT2D eigenvalue weighted by Crippen LogP contribution is -2.53. The molecule has 2 aromatic carbocycles. The van der Waals surface area contributed by atoms with Gasteiger partial charge in [-0.15, -0.1) is 6.42 Å². The second-order valence-electron chi connectivity index (χ2n) is 10.3. The van der Waals surface area contributed by atoms with Crippen molar-refractivity contribution < 1.29 is 18.8 Å². The highest BCUT2D eigenvalue weighted by Gasteiger charge is 2.36. The van der Waals surface area contributed by atoms with Crippen LogP contribution in [0.4, 0.5) is 5.69 Å². The molecular formula is C32H33N5O4. The maximum absolute atomic E-state index is 13.5. The number of ether oxygens (including phenoxy) is 1. The number of amides is 2. The summed E-state index contributed by atoms with van der Waals surface area (Å²) in [6, 6.07) is 16.0. The summed E-state index contributed by atoms with van der Waals surface area (Å²) >= 11 is 0. The first-order chi connectivity index (χ1) is 19.9. The third-order valence-corrected chi connectivity index (χ3v) is 7.31. The SMILES string of the molecule is C#CCN1CCN(CC#Cc2ccc3c(c2)N(C)C(=O)[C@@H](NC(=O)c2cc(Cc4ccccc4)on2)[C@@H](C)O3)CC1. The standard InChI is InChI=1S/C32H33N5O4/c1-4-14-36-16-18-37(19-17-36)15-8-11-25-12-13-29-28(21-25)35(3)32(39)30(23(2)40-29)33-31(38)27-22-26(41-34-27)20-24-9-6-5-7-10-24/h1,5-7,9-10,12-13,21-23,30H,14-20H2,2-3H3,(H,33,38)/t23-,30+/m1/s1. The number of carbonyl (C=O) groups is 2. The van der Waals surface area contributed by atoms with Crippen LogP contribution in [-0.2, 0) is 11.2 Å². The van der Waals surface area contributed by atoms with Crippen LogP contribution in [0.3, 0.4) is 0 Å². The molecule has 1 saturated heterocycles. The summed E-state index contributed by atoms with van der Waals surface area (Å²) < 4.78 is 11.5. The molecule has 210 valence electrons.